The van der Waals surface area contributed by atoms with Crippen LogP contribution in [0.5, 0.6) is 5.88 Å². The molecular formula is C13H12BrN5O4S. The van der Waals surface area contributed by atoms with Crippen molar-refractivity contribution in [1.29, 1.82) is 0 Å². The van der Waals surface area contributed by atoms with Crippen molar-refractivity contribution in [3.63, 3.8) is 0 Å². The van der Waals surface area contributed by atoms with E-state index in [1.165, 1.54) is 6.92 Å². The molecule has 0 unspecified atom stereocenters. The number of aromatic nitrogens is 3. The number of hydrogen-bond acceptors (Lipinski definition) is 7. The van der Waals surface area contributed by atoms with Crippen molar-refractivity contribution in [2.75, 3.05) is 16.4 Å². The molecule has 0 saturated heterocycles. The van der Waals surface area contributed by atoms with E-state index in [9.17, 15) is 19.5 Å². The first-order valence-corrected chi connectivity index (χ1v) is 8.28. The maximum atomic E-state index is 11.8. The Morgan fingerprint density at radius 2 is 2.12 bits per heavy atom. The first-order chi connectivity index (χ1) is 11.3. The third kappa shape index (κ3) is 5.06. The molecule has 0 aliphatic heterocycles. The summed E-state index contributed by atoms with van der Waals surface area (Å²) in [6.07, 6.45) is 1.54. The summed E-state index contributed by atoms with van der Waals surface area (Å²) in [7, 11) is 0. The summed E-state index contributed by atoms with van der Waals surface area (Å²) in [5.74, 6) is -1.16. The number of aromatic hydroxyl groups is 1. The maximum Gasteiger partial charge on any atom is 0.279 e. The Hall–Kier alpha value is -2.40. The summed E-state index contributed by atoms with van der Waals surface area (Å²) < 4.78 is 0.784. The van der Waals surface area contributed by atoms with Crippen molar-refractivity contribution in [3.8, 4) is 5.88 Å². The average molecular weight is 414 g/mol. The zero-order valence-corrected chi connectivity index (χ0v) is 14.7. The van der Waals surface area contributed by atoms with E-state index < -0.39 is 17.3 Å². The number of anilines is 2. The largest absolute Gasteiger partial charge is 0.492 e. The van der Waals surface area contributed by atoms with E-state index in [0.29, 0.717) is 5.82 Å². The van der Waals surface area contributed by atoms with Gasteiger partial charge < -0.3 is 15.7 Å². The molecule has 0 fully saturated rings. The lowest BCUT2D eigenvalue weighted by Crippen LogP contribution is -2.20. The Morgan fingerprint density at radius 1 is 1.38 bits per heavy atom. The van der Waals surface area contributed by atoms with Crippen molar-refractivity contribution >= 4 is 51.0 Å². The Balaban J connectivity index is 1.98. The molecular weight excluding hydrogens is 402 g/mol. The third-order valence-corrected chi connectivity index (χ3v) is 3.86. The minimum atomic E-state index is -0.713. The maximum absolute atomic E-state index is 11.8. The van der Waals surface area contributed by atoms with Gasteiger partial charge in [0.1, 0.15) is 5.82 Å². The molecule has 126 valence electrons. The number of nitrogens with zero attached hydrogens (tertiary/aromatic N) is 2. The summed E-state index contributed by atoms with van der Waals surface area (Å²) in [6.45, 7) is 1.20. The van der Waals surface area contributed by atoms with Crippen molar-refractivity contribution in [2.24, 2.45) is 0 Å². The van der Waals surface area contributed by atoms with E-state index in [0.717, 1.165) is 16.2 Å². The number of pyridine rings is 1. The number of rotatable bonds is 5. The van der Waals surface area contributed by atoms with E-state index in [-0.39, 0.29) is 22.5 Å². The van der Waals surface area contributed by atoms with Gasteiger partial charge in [-0.2, -0.15) is 4.98 Å². The summed E-state index contributed by atoms with van der Waals surface area (Å²) in [6, 6.07) is 3.36. The number of H-pyrrole nitrogens is 1. The van der Waals surface area contributed by atoms with Gasteiger partial charge in [0.25, 0.3) is 5.56 Å². The highest BCUT2D eigenvalue weighted by Crippen LogP contribution is 2.20. The number of thioether (sulfide) groups is 1. The molecule has 2 amide bonds. The van der Waals surface area contributed by atoms with Crippen molar-refractivity contribution in [1.82, 2.24) is 15.0 Å². The van der Waals surface area contributed by atoms with Gasteiger partial charge >= 0.3 is 0 Å². The standard InChI is InChI=1S/C13H12BrN5O4S/c1-6(20)16-10-11(22)18-13(19-12(10)23)24-5-9(21)17-8-3-2-7(14)4-15-8/h2-4H,5H2,1H3,(H,16,20)(H,15,17,21)(H2,18,19,22,23). The number of amides is 2. The van der Waals surface area contributed by atoms with Crippen molar-refractivity contribution in [2.45, 2.75) is 12.1 Å². The molecule has 0 aliphatic rings. The van der Waals surface area contributed by atoms with Crippen molar-refractivity contribution in [3.05, 3.63) is 33.2 Å². The van der Waals surface area contributed by atoms with E-state index >= 15 is 0 Å². The van der Waals surface area contributed by atoms with Crippen LogP contribution >= 0.6 is 27.7 Å². The predicted octanol–water partition coefficient (Wildman–Crippen LogP) is 1.32. The number of hydrogen-bond donors (Lipinski definition) is 4. The first kappa shape index (κ1) is 17.9. The monoisotopic (exact) mass is 413 g/mol. The number of nitrogens with one attached hydrogen (secondary N) is 3. The highest BCUT2D eigenvalue weighted by Gasteiger charge is 2.13. The van der Waals surface area contributed by atoms with Gasteiger partial charge in [0.15, 0.2) is 10.8 Å². The van der Waals surface area contributed by atoms with Crippen LogP contribution in [0.1, 0.15) is 6.92 Å². The number of carbonyl (C=O) groups excluding carboxylic acids is 2. The third-order valence-electron chi connectivity index (χ3n) is 2.51. The highest BCUT2D eigenvalue weighted by molar-refractivity contribution is 9.10. The van der Waals surface area contributed by atoms with Gasteiger partial charge in [-0.05, 0) is 28.1 Å². The summed E-state index contributed by atoms with van der Waals surface area (Å²) in [5, 5.41) is 14.5. The lowest BCUT2D eigenvalue weighted by atomic mass is 10.4. The van der Waals surface area contributed by atoms with E-state index in [2.05, 4.69) is 41.5 Å². The normalized spacial score (nSPS) is 10.2. The van der Waals surface area contributed by atoms with Crippen LogP contribution in [0.25, 0.3) is 0 Å². The summed E-state index contributed by atoms with van der Waals surface area (Å²) in [5.41, 5.74) is -1.05. The molecule has 0 spiro atoms. The molecule has 24 heavy (non-hydrogen) atoms. The first-order valence-electron chi connectivity index (χ1n) is 6.50. The molecule has 11 heteroatoms. The molecule has 2 rings (SSSR count). The number of carbonyl (C=O) groups is 2. The van der Waals surface area contributed by atoms with Gasteiger partial charge in [-0.25, -0.2) is 4.98 Å². The van der Waals surface area contributed by atoms with Gasteiger partial charge in [0.2, 0.25) is 17.7 Å². The molecule has 0 radical (unpaired) electrons. The van der Waals surface area contributed by atoms with Crippen LogP contribution in [0.2, 0.25) is 0 Å². The molecule has 0 atom stereocenters. The lowest BCUT2D eigenvalue weighted by Gasteiger charge is -2.06. The van der Waals surface area contributed by atoms with Gasteiger partial charge in [-0.1, -0.05) is 11.8 Å². The Kier molecular flexibility index (Phi) is 5.93. The van der Waals surface area contributed by atoms with Crippen LogP contribution in [0.4, 0.5) is 11.5 Å². The van der Waals surface area contributed by atoms with E-state index in [1.807, 2.05) is 0 Å². The smallest absolute Gasteiger partial charge is 0.279 e. The summed E-state index contributed by atoms with van der Waals surface area (Å²) in [4.78, 5) is 44.6. The molecule has 0 bridgehead atoms. The van der Waals surface area contributed by atoms with Crippen LogP contribution in [0.15, 0.2) is 32.8 Å². The zero-order chi connectivity index (χ0) is 17.7. The van der Waals surface area contributed by atoms with Gasteiger partial charge in [0, 0.05) is 17.6 Å². The lowest BCUT2D eigenvalue weighted by molar-refractivity contribution is -0.114. The minimum Gasteiger partial charge on any atom is -0.492 e. The minimum absolute atomic E-state index is 0.0468. The highest BCUT2D eigenvalue weighted by atomic mass is 79.9. The fourth-order valence-corrected chi connectivity index (χ4v) is 2.45. The molecule has 2 aromatic heterocycles. The van der Waals surface area contributed by atoms with Crippen LogP contribution in [-0.4, -0.2) is 37.6 Å². The second-order valence-corrected chi connectivity index (χ2v) is 6.33. The van der Waals surface area contributed by atoms with Gasteiger partial charge in [-0.15, -0.1) is 0 Å². The second kappa shape index (κ2) is 7.93. The van der Waals surface area contributed by atoms with Gasteiger partial charge in [0.05, 0.1) is 5.75 Å². The molecule has 0 saturated carbocycles. The SMILES string of the molecule is CC(=O)Nc1c(O)nc(SCC(=O)Nc2ccc(Br)cn2)[nH]c1=O. The Morgan fingerprint density at radius 3 is 2.71 bits per heavy atom. The Labute approximate surface area is 148 Å². The molecule has 0 aromatic carbocycles. The van der Waals surface area contributed by atoms with Crippen LogP contribution < -0.4 is 16.2 Å². The van der Waals surface area contributed by atoms with E-state index in [4.69, 9.17) is 0 Å². The molecule has 2 heterocycles. The predicted molar refractivity (Wildman–Crippen MR) is 92.1 cm³/mol. The molecule has 4 N–H and O–H groups in total. The van der Waals surface area contributed by atoms with Crippen LogP contribution in [-0.2, 0) is 9.59 Å². The number of aromatic amines is 1. The average Bonchev–Trinajstić information content (AvgIpc) is 2.51. The second-order valence-electron chi connectivity index (χ2n) is 4.45. The fourth-order valence-electron chi connectivity index (χ4n) is 1.56. The molecule has 9 nitrogen and oxygen atoms in total. The van der Waals surface area contributed by atoms with Crippen LogP contribution in [0.3, 0.4) is 0 Å². The van der Waals surface area contributed by atoms with Crippen molar-refractivity contribution < 1.29 is 14.7 Å². The summed E-state index contributed by atoms with van der Waals surface area (Å²) >= 11 is 4.15. The zero-order valence-electron chi connectivity index (χ0n) is 12.3. The van der Waals surface area contributed by atoms with E-state index in [1.54, 1.807) is 18.3 Å². The Bertz CT molecular complexity index is 824. The number of halogens is 1. The molecule has 2 aromatic rings. The quantitative estimate of drug-likeness (QED) is 0.428. The van der Waals surface area contributed by atoms with Crippen LogP contribution in [0, 0.1) is 0 Å². The topological polar surface area (TPSA) is 137 Å². The van der Waals surface area contributed by atoms with Gasteiger partial charge in [-0.3, -0.25) is 19.4 Å². The molecule has 0 aliphatic carbocycles. The fraction of sp³-hybridized carbons (Fsp3) is 0.154.